The molecule has 16 heavy (non-hydrogen) atoms. The molecule has 0 aliphatic rings. The third-order valence-electron chi connectivity index (χ3n) is 1.58. The highest BCUT2D eigenvalue weighted by Crippen LogP contribution is 1.98. The van der Waals surface area contributed by atoms with Crippen LogP contribution >= 0.6 is 0 Å². The Kier molecular flexibility index (Phi) is 5.75. The summed E-state index contributed by atoms with van der Waals surface area (Å²) >= 11 is 0. The second-order valence-corrected chi connectivity index (χ2v) is 4.34. The Balaban J connectivity index is 4.54. The van der Waals surface area contributed by atoms with Crippen LogP contribution in [-0.2, 0) is 19.7 Å². The van der Waals surface area contributed by atoms with E-state index in [-0.39, 0.29) is 6.42 Å². The highest BCUT2D eigenvalue weighted by molar-refractivity contribution is 7.88. The molecule has 0 aliphatic carbocycles. The second kappa shape index (κ2) is 6.28. The molecule has 9 heteroatoms. The summed E-state index contributed by atoms with van der Waals surface area (Å²) < 4.78 is 29.8. The van der Waals surface area contributed by atoms with Crippen LogP contribution in [0.4, 0.5) is 4.79 Å². The molecule has 0 bridgehead atoms. The minimum absolute atomic E-state index is 0.122. The number of carboxylic acid groups (broad SMARTS) is 1. The molecule has 0 aliphatic heterocycles. The van der Waals surface area contributed by atoms with Gasteiger partial charge < -0.3 is 9.84 Å². The number of ether oxygens (including phenoxy) is 1. The lowest BCUT2D eigenvalue weighted by Crippen LogP contribution is -2.48. The van der Waals surface area contributed by atoms with E-state index in [9.17, 15) is 18.0 Å². The monoisotopic (exact) mass is 254 g/mol. The molecule has 0 aromatic rings. The van der Waals surface area contributed by atoms with Gasteiger partial charge in [-0.05, 0) is 6.42 Å². The molecule has 0 aromatic carbocycles. The first-order chi connectivity index (χ1) is 7.32. The van der Waals surface area contributed by atoms with E-state index in [0.29, 0.717) is 6.42 Å². The van der Waals surface area contributed by atoms with E-state index in [1.165, 1.54) is 4.72 Å². The van der Waals surface area contributed by atoms with E-state index in [1.807, 2.05) is 4.72 Å². The molecule has 0 heterocycles. The van der Waals surface area contributed by atoms with Gasteiger partial charge in [-0.1, -0.05) is 13.3 Å². The number of rotatable bonds is 6. The van der Waals surface area contributed by atoms with Crippen LogP contribution in [0, 0.1) is 0 Å². The summed E-state index contributed by atoms with van der Waals surface area (Å²) in [6.45, 7) is 1.71. The summed E-state index contributed by atoms with van der Waals surface area (Å²) in [4.78, 5) is 21.3. The van der Waals surface area contributed by atoms with Crippen LogP contribution in [0.15, 0.2) is 0 Å². The summed E-state index contributed by atoms with van der Waals surface area (Å²) in [6.07, 6.45) is -0.581. The number of carbonyl (C=O) groups is 2. The largest absolute Gasteiger partial charge is 0.480 e. The average Bonchev–Trinajstić information content (AvgIpc) is 2.15. The number of amides is 1. The molecule has 1 unspecified atom stereocenters. The van der Waals surface area contributed by atoms with Gasteiger partial charge in [-0.2, -0.15) is 13.1 Å². The maximum Gasteiger partial charge on any atom is 0.421 e. The first-order valence-electron chi connectivity index (χ1n) is 4.43. The molecule has 1 atom stereocenters. The topological polar surface area (TPSA) is 122 Å². The molecule has 0 saturated carbocycles. The lowest BCUT2D eigenvalue weighted by Gasteiger charge is -2.13. The highest BCUT2D eigenvalue weighted by Gasteiger charge is 2.24. The van der Waals surface area contributed by atoms with Crippen molar-refractivity contribution in [2.45, 2.75) is 25.8 Å². The fourth-order valence-corrected chi connectivity index (χ4v) is 1.84. The van der Waals surface area contributed by atoms with Crippen molar-refractivity contribution in [3.8, 4) is 0 Å². The van der Waals surface area contributed by atoms with Crippen molar-refractivity contribution in [1.29, 1.82) is 0 Å². The maximum atomic E-state index is 11.2. The SMILES string of the molecule is CCCC(NS(=O)(=O)NC(=O)OC)C(=O)O. The number of hydrogen-bond acceptors (Lipinski definition) is 5. The highest BCUT2D eigenvalue weighted by atomic mass is 32.2. The third kappa shape index (κ3) is 5.51. The van der Waals surface area contributed by atoms with Gasteiger partial charge in [-0.25, -0.2) is 9.52 Å². The predicted octanol–water partition coefficient (Wildman–Crippen LogP) is -0.570. The summed E-state index contributed by atoms with van der Waals surface area (Å²) in [5.74, 6) is -1.31. The first-order valence-corrected chi connectivity index (χ1v) is 5.91. The van der Waals surface area contributed by atoms with Gasteiger partial charge in [0.25, 0.3) is 0 Å². The first kappa shape index (κ1) is 14.6. The Labute approximate surface area is 93.2 Å². The Morgan fingerprint density at radius 1 is 1.44 bits per heavy atom. The number of aliphatic carboxylic acids is 1. The third-order valence-corrected chi connectivity index (χ3v) is 2.61. The number of nitrogens with one attached hydrogen (secondary N) is 2. The van der Waals surface area contributed by atoms with Crippen molar-refractivity contribution in [3.63, 3.8) is 0 Å². The number of carbonyl (C=O) groups excluding carboxylic acids is 1. The quantitative estimate of drug-likeness (QED) is 0.583. The number of methoxy groups -OCH3 is 1. The molecule has 1 amide bonds. The van der Waals surface area contributed by atoms with Crippen LogP contribution in [0.1, 0.15) is 19.8 Å². The molecule has 0 spiro atoms. The summed E-state index contributed by atoms with van der Waals surface area (Å²) in [5.41, 5.74) is 0. The van der Waals surface area contributed by atoms with E-state index in [1.54, 1.807) is 6.92 Å². The molecule has 0 radical (unpaired) electrons. The maximum absolute atomic E-state index is 11.2. The fraction of sp³-hybridized carbons (Fsp3) is 0.714. The smallest absolute Gasteiger partial charge is 0.421 e. The Morgan fingerprint density at radius 3 is 2.38 bits per heavy atom. The van der Waals surface area contributed by atoms with Crippen molar-refractivity contribution >= 4 is 22.3 Å². The van der Waals surface area contributed by atoms with Gasteiger partial charge in [0.2, 0.25) is 0 Å². The lowest BCUT2D eigenvalue weighted by atomic mass is 10.2. The molecule has 0 aromatic heterocycles. The van der Waals surface area contributed by atoms with Crippen LogP contribution in [-0.4, -0.2) is 38.7 Å². The minimum Gasteiger partial charge on any atom is -0.480 e. The van der Waals surface area contributed by atoms with Gasteiger partial charge in [-0.15, -0.1) is 0 Å². The standard InChI is InChI=1S/C7H14N2O6S/c1-3-4-5(6(10)11)8-16(13,14)9-7(12)15-2/h5,8H,3-4H2,1-2H3,(H,9,12)(H,10,11). The van der Waals surface area contributed by atoms with Gasteiger partial charge >= 0.3 is 22.3 Å². The molecule has 0 fully saturated rings. The zero-order valence-electron chi connectivity index (χ0n) is 8.89. The minimum atomic E-state index is -4.21. The van der Waals surface area contributed by atoms with Crippen molar-refractivity contribution in [1.82, 2.24) is 9.44 Å². The molecular formula is C7H14N2O6S. The number of carboxylic acids is 1. The molecular weight excluding hydrogens is 240 g/mol. The summed E-state index contributed by atoms with van der Waals surface area (Å²) in [6, 6.07) is -1.27. The Hall–Kier alpha value is -1.35. The second-order valence-electron chi connectivity index (χ2n) is 2.89. The van der Waals surface area contributed by atoms with Gasteiger partial charge in [0.1, 0.15) is 6.04 Å². The van der Waals surface area contributed by atoms with Gasteiger partial charge in [0.15, 0.2) is 0 Å². The Bertz CT molecular complexity index is 352. The molecule has 8 nitrogen and oxygen atoms in total. The summed E-state index contributed by atoms with van der Waals surface area (Å²) in [7, 11) is -3.22. The van der Waals surface area contributed by atoms with Crippen LogP contribution in [0.2, 0.25) is 0 Å². The van der Waals surface area contributed by atoms with Gasteiger partial charge in [-0.3, -0.25) is 4.79 Å². The van der Waals surface area contributed by atoms with Crippen molar-refractivity contribution < 1.29 is 27.9 Å². The van der Waals surface area contributed by atoms with Crippen molar-refractivity contribution in [3.05, 3.63) is 0 Å². The zero-order chi connectivity index (χ0) is 12.8. The van der Waals surface area contributed by atoms with E-state index in [4.69, 9.17) is 5.11 Å². The molecule has 3 N–H and O–H groups in total. The van der Waals surface area contributed by atoms with E-state index in [0.717, 1.165) is 7.11 Å². The van der Waals surface area contributed by atoms with Crippen LogP contribution < -0.4 is 9.44 Å². The lowest BCUT2D eigenvalue weighted by molar-refractivity contribution is -0.139. The Morgan fingerprint density at radius 2 is 2.00 bits per heavy atom. The van der Waals surface area contributed by atoms with E-state index < -0.39 is 28.3 Å². The normalized spacial score (nSPS) is 12.9. The van der Waals surface area contributed by atoms with Gasteiger partial charge in [0, 0.05) is 0 Å². The van der Waals surface area contributed by atoms with E-state index >= 15 is 0 Å². The fourth-order valence-electron chi connectivity index (χ4n) is 0.890. The van der Waals surface area contributed by atoms with Crippen molar-refractivity contribution in [2.24, 2.45) is 0 Å². The molecule has 0 rings (SSSR count). The molecule has 94 valence electrons. The number of hydrogen-bond donors (Lipinski definition) is 3. The van der Waals surface area contributed by atoms with Crippen LogP contribution in [0.3, 0.4) is 0 Å². The van der Waals surface area contributed by atoms with Crippen LogP contribution in [0.25, 0.3) is 0 Å². The average molecular weight is 254 g/mol. The van der Waals surface area contributed by atoms with Crippen molar-refractivity contribution in [2.75, 3.05) is 7.11 Å². The summed E-state index contributed by atoms with van der Waals surface area (Å²) in [5, 5.41) is 8.69. The van der Waals surface area contributed by atoms with Crippen LogP contribution in [0.5, 0.6) is 0 Å². The van der Waals surface area contributed by atoms with Gasteiger partial charge in [0.05, 0.1) is 7.11 Å². The zero-order valence-corrected chi connectivity index (χ0v) is 9.70. The predicted molar refractivity (Wildman–Crippen MR) is 53.9 cm³/mol. The molecule has 0 saturated heterocycles. The van der Waals surface area contributed by atoms with E-state index in [2.05, 4.69) is 4.74 Å².